The molecule has 0 heterocycles. The van der Waals surface area contributed by atoms with Gasteiger partial charge in [0.1, 0.15) is 0 Å². The molecule has 0 saturated carbocycles. The largest absolute Gasteiger partial charge is 0.0841 e. The third-order valence-electron chi connectivity index (χ3n) is 1.54. The summed E-state index contributed by atoms with van der Waals surface area (Å²) < 4.78 is 0. The van der Waals surface area contributed by atoms with E-state index in [2.05, 4.69) is 13.0 Å². The maximum Gasteiger partial charge on any atom is 0.0433 e. The van der Waals surface area contributed by atoms with E-state index < -0.39 is 0 Å². The lowest BCUT2D eigenvalue weighted by atomic mass is 10.2. The van der Waals surface area contributed by atoms with Gasteiger partial charge in [0, 0.05) is 15.3 Å². The Bertz CT molecular complexity index is 200. The van der Waals surface area contributed by atoms with Crippen molar-refractivity contribution in [2.24, 2.45) is 0 Å². The van der Waals surface area contributed by atoms with E-state index in [-0.39, 0.29) is 0 Å². The highest BCUT2D eigenvalue weighted by Gasteiger charge is 1.93. The quantitative estimate of drug-likeness (QED) is 0.484. The third-order valence-corrected chi connectivity index (χ3v) is 3.03. The van der Waals surface area contributed by atoms with Crippen molar-refractivity contribution in [2.75, 3.05) is 0 Å². The Balaban J connectivity index is 3.25. The predicted molar refractivity (Wildman–Crippen MR) is 45.8 cm³/mol. The van der Waals surface area contributed by atoms with Gasteiger partial charge in [-0.3, -0.25) is 0 Å². The molecule has 1 aromatic rings. The first-order valence-corrected chi connectivity index (χ1v) is 4.31. The Labute approximate surface area is 63.3 Å². The number of hydrogen-bond donors (Lipinski definition) is 0. The van der Waals surface area contributed by atoms with E-state index in [0.717, 1.165) is 15.3 Å². The molecule has 1 rings (SSSR count). The average molecular weight is 157 g/mol. The standard InChI is InChI=1S/C7H9ClSi/c1-5-6(8)3-2-4-7(5)9/h2-4H,1,9H3. The molecule has 0 aliphatic heterocycles. The lowest BCUT2D eigenvalue weighted by Crippen LogP contribution is -2.05. The van der Waals surface area contributed by atoms with Gasteiger partial charge in [0.25, 0.3) is 0 Å². The summed E-state index contributed by atoms with van der Waals surface area (Å²) in [5.74, 6) is 0. The summed E-state index contributed by atoms with van der Waals surface area (Å²) in [5.41, 5.74) is 1.24. The van der Waals surface area contributed by atoms with Gasteiger partial charge in [-0.1, -0.05) is 28.9 Å². The molecule has 0 radical (unpaired) electrons. The van der Waals surface area contributed by atoms with E-state index in [1.807, 2.05) is 12.1 Å². The second kappa shape index (κ2) is 2.54. The summed E-state index contributed by atoms with van der Waals surface area (Å²) in [6, 6.07) is 6.05. The fraction of sp³-hybridized carbons (Fsp3) is 0.143. The Hall–Kier alpha value is -0.273. The molecule has 9 heavy (non-hydrogen) atoms. The van der Waals surface area contributed by atoms with Crippen molar-refractivity contribution < 1.29 is 0 Å². The van der Waals surface area contributed by atoms with E-state index in [9.17, 15) is 0 Å². The number of hydrogen-bond acceptors (Lipinski definition) is 0. The van der Waals surface area contributed by atoms with Crippen molar-refractivity contribution in [3.05, 3.63) is 28.8 Å². The summed E-state index contributed by atoms with van der Waals surface area (Å²) in [5, 5.41) is 2.28. The molecule has 1 aromatic carbocycles. The molecule has 0 spiro atoms. The Morgan fingerprint density at radius 2 is 2.11 bits per heavy atom. The van der Waals surface area contributed by atoms with Crippen LogP contribution in [0, 0.1) is 6.92 Å². The SMILES string of the molecule is Cc1c([SiH3])cccc1Cl. The highest BCUT2D eigenvalue weighted by Crippen LogP contribution is 2.09. The summed E-state index contributed by atoms with van der Waals surface area (Å²) in [6.45, 7) is 2.06. The second-order valence-corrected chi connectivity index (χ2v) is 3.67. The lowest BCUT2D eigenvalue weighted by Gasteiger charge is -1.99. The fourth-order valence-corrected chi connectivity index (χ4v) is 1.56. The van der Waals surface area contributed by atoms with Crippen LogP contribution in [0.4, 0.5) is 0 Å². The van der Waals surface area contributed by atoms with E-state index in [1.54, 1.807) is 0 Å². The molecule has 0 saturated heterocycles. The van der Waals surface area contributed by atoms with E-state index in [0.29, 0.717) is 0 Å². The smallest absolute Gasteiger partial charge is 0.0433 e. The van der Waals surface area contributed by atoms with Crippen molar-refractivity contribution in [1.29, 1.82) is 0 Å². The maximum atomic E-state index is 5.84. The van der Waals surface area contributed by atoms with Crippen LogP contribution in [0.1, 0.15) is 5.56 Å². The van der Waals surface area contributed by atoms with Crippen LogP contribution < -0.4 is 5.19 Å². The first-order valence-electron chi connectivity index (χ1n) is 2.93. The zero-order chi connectivity index (χ0) is 6.85. The molecule has 0 aliphatic rings. The number of rotatable bonds is 0. The molecule has 0 atom stereocenters. The van der Waals surface area contributed by atoms with Gasteiger partial charge in [-0.2, -0.15) is 0 Å². The van der Waals surface area contributed by atoms with Crippen molar-refractivity contribution >= 4 is 27.0 Å². The molecule has 2 heteroatoms. The topological polar surface area (TPSA) is 0 Å². The van der Waals surface area contributed by atoms with Crippen molar-refractivity contribution in [1.82, 2.24) is 0 Å². The minimum atomic E-state index is 0.891. The highest BCUT2D eigenvalue weighted by atomic mass is 35.5. The van der Waals surface area contributed by atoms with Crippen LogP contribution in [0.5, 0.6) is 0 Å². The molecule has 0 amide bonds. The zero-order valence-electron chi connectivity index (χ0n) is 5.61. The van der Waals surface area contributed by atoms with E-state index in [4.69, 9.17) is 11.6 Å². The Kier molecular flexibility index (Phi) is 1.93. The van der Waals surface area contributed by atoms with Gasteiger partial charge in [0.05, 0.1) is 0 Å². The van der Waals surface area contributed by atoms with Gasteiger partial charge >= 0.3 is 0 Å². The molecule has 0 bridgehead atoms. The zero-order valence-corrected chi connectivity index (χ0v) is 8.37. The maximum absolute atomic E-state index is 5.84. The van der Waals surface area contributed by atoms with Crippen molar-refractivity contribution in [3.63, 3.8) is 0 Å². The normalized spacial score (nSPS) is 10.0. The lowest BCUT2D eigenvalue weighted by molar-refractivity contribution is 1.52. The Morgan fingerprint density at radius 1 is 1.44 bits per heavy atom. The predicted octanol–water partition coefficient (Wildman–Crippen LogP) is 0.639. The molecule has 0 aliphatic carbocycles. The van der Waals surface area contributed by atoms with E-state index in [1.165, 1.54) is 10.8 Å². The van der Waals surface area contributed by atoms with Crippen LogP contribution in [0.15, 0.2) is 18.2 Å². The molecule has 0 fully saturated rings. The van der Waals surface area contributed by atoms with Crippen molar-refractivity contribution in [3.8, 4) is 0 Å². The highest BCUT2D eigenvalue weighted by molar-refractivity contribution is 6.37. The first kappa shape index (κ1) is 6.84. The van der Waals surface area contributed by atoms with Gasteiger partial charge in [0.15, 0.2) is 0 Å². The van der Waals surface area contributed by atoms with Gasteiger partial charge in [0.2, 0.25) is 0 Å². The first-order chi connectivity index (χ1) is 4.22. The minimum Gasteiger partial charge on any atom is -0.0841 e. The third kappa shape index (κ3) is 1.34. The van der Waals surface area contributed by atoms with Crippen molar-refractivity contribution in [2.45, 2.75) is 6.92 Å². The van der Waals surface area contributed by atoms with E-state index >= 15 is 0 Å². The van der Waals surface area contributed by atoms with Gasteiger partial charge in [-0.05, 0) is 18.6 Å². The Morgan fingerprint density at radius 3 is 2.56 bits per heavy atom. The molecule has 0 aromatic heterocycles. The van der Waals surface area contributed by atoms with Crippen LogP contribution in [-0.2, 0) is 0 Å². The monoisotopic (exact) mass is 156 g/mol. The van der Waals surface area contributed by atoms with Gasteiger partial charge in [-0.25, -0.2) is 0 Å². The van der Waals surface area contributed by atoms with Crippen LogP contribution in [-0.4, -0.2) is 10.2 Å². The molecular formula is C7H9ClSi. The average Bonchev–Trinajstić information content (AvgIpc) is 1.83. The second-order valence-electron chi connectivity index (χ2n) is 2.18. The number of benzene rings is 1. The van der Waals surface area contributed by atoms with Crippen LogP contribution >= 0.6 is 11.6 Å². The van der Waals surface area contributed by atoms with Gasteiger partial charge in [-0.15, -0.1) is 0 Å². The summed E-state index contributed by atoms with van der Waals surface area (Å²) in [7, 11) is 1.09. The summed E-state index contributed by atoms with van der Waals surface area (Å²) in [6.07, 6.45) is 0. The summed E-state index contributed by atoms with van der Waals surface area (Å²) >= 11 is 5.84. The van der Waals surface area contributed by atoms with Crippen LogP contribution in [0.2, 0.25) is 5.02 Å². The molecule has 0 N–H and O–H groups in total. The molecular weight excluding hydrogens is 148 g/mol. The van der Waals surface area contributed by atoms with Gasteiger partial charge < -0.3 is 0 Å². The summed E-state index contributed by atoms with van der Waals surface area (Å²) in [4.78, 5) is 0. The number of halogens is 1. The van der Waals surface area contributed by atoms with Crippen LogP contribution in [0.3, 0.4) is 0 Å². The molecule has 48 valence electrons. The molecule has 0 nitrogen and oxygen atoms in total. The molecule has 0 unspecified atom stereocenters. The minimum absolute atomic E-state index is 0.891. The van der Waals surface area contributed by atoms with Crippen LogP contribution in [0.25, 0.3) is 0 Å². The fourth-order valence-electron chi connectivity index (χ4n) is 0.715.